The first-order valence-corrected chi connectivity index (χ1v) is 10.7. The summed E-state index contributed by atoms with van der Waals surface area (Å²) in [5, 5.41) is 17.8. The summed E-state index contributed by atoms with van der Waals surface area (Å²) in [7, 11) is 0. The molecule has 0 heterocycles. The fraction of sp³-hybridized carbons (Fsp3) is 0.857. The van der Waals surface area contributed by atoms with Gasteiger partial charge in [0.25, 0.3) is 0 Å². The molecule has 9 heteroatoms. The monoisotopic (exact) mass is 682 g/mol. The van der Waals surface area contributed by atoms with Crippen molar-refractivity contribution in [3.63, 3.8) is 0 Å². The van der Waals surface area contributed by atoms with E-state index in [4.69, 9.17) is 10.2 Å². The molecular weight excluding hydrogens is 664 g/mol. The summed E-state index contributed by atoms with van der Waals surface area (Å²) in [6.07, 6.45) is 7.57. The fourth-order valence-corrected chi connectivity index (χ4v) is 5.18. The molecule has 2 fully saturated rings. The Morgan fingerprint density at radius 2 is 1.09 bits per heavy atom. The van der Waals surface area contributed by atoms with Crippen LogP contribution in [0.5, 0.6) is 0 Å². The standard InChI is InChI=1S/2C7H10Br2O2.Cd/c2*8-5-3-1-2-4-7(5,9)6(10)11;/h2*5H,1-4H2,(H,10,11);. The van der Waals surface area contributed by atoms with Crippen molar-refractivity contribution in [2.75, 3.05) is 0 Å². The van der Waals surface area contributed by atoms with Crippen molar-refractivity contribution in [2.45, 2.75) is 69.7 Å². The van der Waals surface area contributed by atoms with Crippen LogP contribution in [0.2, 0.25) is 0 Å². The van der Waals surface area contributed by atoms with Crippen LogP contribution in [-0.4, -0.2) is 40.5 Å². The van der Waals surface area contributed by atoms with Gasteiger partial charge in [0.1, 0.15) is 8.65 Å². The van der Waals surface area contributed by atoms with Crippen LogP contribution in [0.25, 0.3) is 0 Å². The Bertz CT molecular complexity index is 388. The van der Waals surface area contributed by atoms with E-state index in [0.717, 1.165) is 51.4 Å². The molecular formula is C14H20Br4CdO4. The van der Waals surface area contributed by atoms with E-state index in [1.165, 1.54) is 0 Å². The number of aliphatic carboxylic acids is 2. The summed E-state index contributed by atoms with van der Waals surface area (Å²) in [6, 6.07) is 0. The summed E-state index contributed by atoms with van der Waals surface area (Å²) in [5.41, 5.74) is 0. The molecule has 0 radical (unpaired) electrons. The molecule has 4 unspecified atom stereocenters. The number of carboxylic acid groups (broad SMARTS) is 2. The van der Waals surface area contributed by atoms with Crippen molar-refractivity contribution in [2.24, 2.45) is 0 Å². The van der Waals surface area contributed by atoms with Gasteiger partial charge in [0.15, 0.2) is 0 Å². The van der Waals surface area contributed by atoms with E-state index in [0.29, 0.717) is 0 Å². The number of halogens is 4. The normalized spacial score (nSPS) is 36.9. The average molecular weight is 684 g/mol. The molecule has 2 saturated carbocycles. The van der Waals surface area contributed by atoms with Gasteiger partial charge in [-0.3, -0.25) is 9.59 Å². The third-order valence-electron chi connectivity index (χ3n) is 4.20. The van der Waals surface area contributed by atoms with Crippen molar-refractivity contribution < 1.29 is 47.1 Å². The molecule has 0 aliphatic heterocycles. The minimum atomic E-state index is -0.751. The van der Waals surface area contributed by atoms with Gasteiger partial charge in [-0.15, -0.1) is 0 Å². The number of carboxylic acids is 2. The van der Waals surface area contributed by atoms with E-state index < -0.39 is 20.6 Å². The first-order valence-electron chi connectivity index (χ1n) is 7.27. The summed E-state index contributed by atoms with van der Waals surface area (Å²) in [4.78, 5) is 21.8. The average Bonchev–Trinajstić information content (AvgIpc) is 2.46. The summed E-state index contributed by atoms with van der Waals surface area (Å²) >= 11 is 13.3. The van der Waals surface area contributed by atoms with E-state index in [2.05, 4.69) is 63.7 Å². The maximum Gasteiger partial charge on any atom is 0.321 e. The van der Waals surface area contributed by atoms with Crippen LogP contribution in [-0.2, 0) is 36.9 Å². The predicted molar refractivity (Wildman–Crippen MR) is 101 cm³/mol. The van der Waals surface area contributed by atoms with Crippen molar-refractivity contribution in [3.8, 4) is 0 Å². The number of carbonyl (C=O) groups is 2. The molecule has 0 aromatic rings. The first kappa shape index (κ1) is 24.8. The Labute approximate surface area is 190 Å². The third-order valence-corrected chi connectivity index (χ3v) is 10.5. The molecule has 0 aromatic carbocycles. The minimum absolute atomic E-state index is 0. The van der Waals surface area contributed by atoms with Gasteiger partial charge in [0.05, 0.1) is 0 Å². The van der Waals surface area contributed by atoms with Crippen LogP contribution >= 0.6 is 63.7 Å². The summed E-state index contributed by atoms with van der Waals surface area (Å²) in [6.45, 7) is 0. The molecule has 2 rings (SSSR count). The Balaban J connectivity index is 0.000000403. The zero-order chi connectivity index (χ0) is 17.0. The number of alkyl halides is 4. The Hall–Kier alpha value is 1.78. The van der Waals surface area contributed by atoms with Gasteiger partial charge in [-0.05, 0) is 25.7 Å². The van der Waals surface area contributed by atoms with Gasteiger partial charge >= 0.3 is 11.9 Å². The molecule has 130 valence electrons. The zero-order valence-corrected chi connectivity index (χ0v) is 23.1. The molecule has 4 nitrogen and oxygen atoms in total. The Morgan fingerprint density at radius 1 is 0.783 bits per heavy atom. The second kappa shape index (κ2) is 10.8. The van der Waals surface area contributed by atoms with E-state index in [1.54, 1.807) is 0 Å². The van der Waals surface area contributed by atoms with Crippen molar-refractivity contribution in [3.05, 3.63) is 0 Å². The number of hydrogen-bond donors (Lipinski definition) is 2. The second-order valence-electron chi connectivity index (χ2n) is 5.76. The van der Waals surface area contributed by atoms with E-state index in [1.807, 2.05) is 0 Å². The molecule has 0 aromatic heterocycles. The summed E-state index contributed by atoms with van der Waals surface area (Å²) in [5.74, 6) is -1.50. The molecule has 23 heavy (non-hydrogen) atoms. The smallest absolute Gasteiger partial charge is 0.321 e. The van der Waals surface area contributed by atoms with Gasteiger partial charge in [0, 0.05) is 37.0 Å². The topological polar surface area (TPSA) is 74.6 Å². The van der Waals surface area contributed by atoms with Crippen molar-refractivity contribution in [1.82, 2.24) is 0 Å². The van der Waals surface area contributed by atoms with E-state index >= 15 is 0 Å². The molecule has 2 N–H and O–H groups in total. The third kappa shape index (κ3) is 6.46. The quantitative estimate of drug-likeness (QED) is 0.315. The van der Waals surface area contributed by atoms with Crippen LogP contribution in [0.1, 0.15) is 51.4 Å². The van der Waals surface area contributed by atoms with Gasteiger partial charge in [-0.2, -0.15) is 0 Å². The van der Waals surface area contributed by atoms with Crippen LogP contribution in [0, 0.1) is 0 Å². The molecule has 2 aliphatic carbocycles. The minimum Gasteiger partial charge on any atom is -0.480 e. The van der Waals surface area contributed by atoms with Gasteiger partial charge in [-0.1, -0.05) is 89.4 Å². The molecule has 0 saturated heterocycles. The fourth-order valence-electron chi connectivity index (χ4n) is 2.66. The van der Waals surface area contributed by atoms with E-state index in [-0.39, 0.29) is 37.0 Å². The number of rotatable bonds is 2. The first-order chi connectivity index (χ1) is 10.1. The largest absolute Gasteiger partial charge is 0.480 e. The molecule has 4 atom stereocenters. The van der Waals surface area contributed by atoms with Crippen LogP contribution in [0.3, 0.4) is 0 Å². The molecule has 0 amide bonds. The second-order valence-corrected chi connectivity index (χ2v) is 10.8. The zero-order valence-electron chi connectivity index (χ0n) is 12.7. The maximum absolute atomic E-state index is 10.8. The number of hydrogen-bond acceptors (Lipinski definition) is 2. The molecule has 0 bridgehead atoms. The van der Waals surface area contributed by atoms with Crippen LogP contribution < -0.4 is 0 Å². The Morgan fingerprint density at radius 3 is 1.26 bits per heavy atom. The van der Waals surface area contributed by atoms with Gasteiger partial charge in [-0.25, -0.2) is 0 Å². The van der Waals surface area contributed by atoms with Crippen LogP contribution in [0.4, 0.5) is 0 Å². The molecule has 2 aliphatic rings. The van der Waals surface area contributed by atoms with E-state index in [9.17, 15) is 9.59 Å². The molecule has 0 spiro atoms. The maximum atomic E-state index is 10.8. The van der Waals surface area contributed by atoms with Crippen molar-refractivity contribution in [1.29, 1.82) is 0 Å². The Kier molecular flexibility index (Phi) is 11.7. The van der Waals surface area contributed by atoms with Gasteiger partial charge < -0.3 is 10.2 Å². The van der Waals surface area contributed by atoms with Crippen molar-refractivity contribution >= 4 is 75.7 Å². The SMILES string of the molecule is O=C(O)C1(Br)CCCCC1Br.O=C(O)C1(Br)CCCCC1Br.[Cd]. The predicted octanol–water partition coefficient (Wildman–Crippen LogP) is 5.08. The van der Waals surface area contributed by atoms with Crippen LogP contribution in [0.15, 0.2) is 0 Å². The van der Waals surface area contributed by atoms with Gasteiger partial charge in [0.2, 0.25) is 0 Å². The summed E-state index contributed by atoms with van der Waals surface area (Å²) < 4.78 is -1.43.